The zero-order chi connectivity index (χ0) is 14.8. The quantitative estimate of drug-likeness (QED) is 0.294. The van der Waals surface area contributed by atoms with E-state index >= 15 is 0 Å². The van der Waals surface area contributed by atoms with Crippen molar-refractivity contribution in [2.45, 2.75) is 46.5 Å². The zero-order valence-electron chi connectivity index (χ0n) is 14.3. The summed E-state index contributed by atoms with van der Waals surface area (Å²) < 4.78 is 0. The molecule has 0 radical (unpaired) electrons. The van der Waals surface area contributed by atoms with Gasteiger partial charge in [-0.3, -0.25) is 4.99 Å². The van der Waals surface area contributed by atoms with Gasteiger partial charge < -0.3 is 15.5 Å². The molecule has 1 aliphatic heterocycles. The van der Waals surface area contributed by atoms with Crippen molar-refractivity contribution in [1.29, 1.82) is 0 Å². The third kappa shape index (κ3) is 10.3. The minimum absolute atomic E-state index is 0. The summed E-state index contributed by atoms with van der Waals surface area (Å²) in [5.74, 6) is 2.52. The molecule has 0 aromatic heterocycles. The number of likely N-dealkylation sites (tertiary alicyclic amines) is 1. The van der Waals surface area contributed by atoms with Crippen LogP contribution in [0.5, 0.6) is 0 Å². The molecule has 126 valence electrons. The number of rotatable bonds is 7. The number of aliphatic imine (C=N–C) groups is 1. The van der Waals surface area contributed by atoms with E-state index < -0.39 is 0 Å². The van der Waals surface area contributed by atoms with E-state index in [9.17, 15) is 0 Å². The summed E-state index contributed by atoms with van der Waals surface area (Å²) in [5.41, 5.74) is 0. The molecule has 0 amide bonds. The summed E-state index contributed by atoms with van der Waals surface area (Å²) in [6.45, 7) is 12.6. The van der Waals surface area contributed by atoms with E-state index in [0.717, 1.165) is 25.0 Å². The Labute approximate surface area is 148 Å². The molecular weight excluding hydrogens is 375 g/mol. The van der Waals surface area contributed by atoms with Gasteiger partial charge in [0.05, 0.1) is 0 Å². The van der Waals surface area contributed by atoms with Crippen molar-refractivity contribution >= 4 is 29.9 Å². The Morgan fingerprint density at radius 2 is 1.86 bits per heavy atom. The average molecular weight is 410 g/mol. The van der Waals surface area contributed by atoms with Crippen LogP contribution in [0.15, 0.2) is 4.99 Å². The molecule has 1 aliphatic rings. The summed E-state index contributed by atoms with van der Waals surface area (Å²) in [4.78, 5) is 6.86. The van der Waals surface area contributed by atoms with E-state index in [1.807, 2.05) is 7.05 Å². The van der Waals surface area contributed by atoms with Crippen LogP contribution in [-0.2, 0) is 0 Å². The van der Waals surface area contributed by atoms with Crippen molar-refractivity contribution in [2.75, 3.05) is 39.8 Å². The van der Waals surface area contributed by atoms with Gasteiger partial charge in [-0.2, -0.15) is 0 Å². The van der Waals surface area contributed by atoms with Gasteiger partial charge in [0.15, 0.2) is 5.96 Å². The summed E-state index contributed by atoms with van der Waals surface area (Å²) >= 11 is 0. The van der Waals surface area contributed by atoms with Crippen LogP contribution < -0.4 is 10.6 Å². The molecule has 1 saturated heterocycles. The number of unbranched alkanes of at least 4 members (excludes halogenated alkanes) is 1. The minimum atomic E-state index is 0. The van der Waals surface area contributed by atoms with Gasteiger partial charge in [-0.1, -0.05) is 20.8 Å². The van der Waals surface area contributed by atoms with E-state index in [1.165, 1.54) is 45.3 Å². The first-order chi connectivity index (χ1) is 9.61. The molecule has 0 aromatic carbocycles. The van der Waals surface area contributed by atoms with E-state index in [-0.39, 0.29) is 24.0 Å². The van der Waals surface area contributed by atoms with Crippen molar-refractivity contribution in [3.63, 3.8) is 0 Å². The Kier molecular flexibility index (Phi) is 12.5. The van der Waals surface area contributed by atoms with Gasteiger partial charge in [-0.25, -0.2) is 0 Å². The van der Waals surface area contributed by atoms with Gasteiger partial charge in [-0.15, -0.1) is 24.0 Å². The lowest BCUT2D eigenvalue weighted by molar-refractivity contribution is 0.189. The molecule has 4 nitrogen and oxygen atoms in total. The van der Waals surface area contributed by atoms with Crippen LogP contribution in [0.3, 0.4) is 0 Å². The third-order valence-electron chi connectivity index (χ3n) is 3.97. The molecular formula is C16H35IN4. The van der Waals surface area contributed by atoms with E-state index in [4.69, 9.17) is 0 Å². The SMILES string of the molecule is CN=C(NCCCCN1CCC(C)CC1)NCC(C)C.I. The van der Waals surface area contributed by atoms with E-state index in [2.05, 4.69) is 41.3 Å². The highest BCUT2D eigenvalue weighted by molar-refractivity contribution is 14.0. The highest BCUT2D eigenvalue weighted by Crippen LogP contribution is 2.15. The molecule has 1 fully saturated rings. The summed E-state index contributed by atoms with van der Waals surface area (Å²) in [6, 6.07) is 0. The normalized spacial score (nSPS) is 17.7. The summed E-state index contributed by atoms with van der Waals surface area (Å²) in [6.07, 6.45) is 5.25. The first-order valence-corrected chi connectivity index (χ1v) is 8.28. The molecule has 0 atom stereocenters. The van der Waals surface area contributed by atoms with Crippen LogP contribution in [0, 0.1) is 11.8 Å². The molecule has 0 aromatic rings. The Bertz CT molecular complexity index is 273. The van der Waals surface area contributed by atoms with Gasteiger partial charge in [0.25, 0.3) is 0 Å². The maximum absolute atomic E-state index is 4.24. The standard InChI is InChI=1S/C16H34N4.HI/c1-14(2)13-19-16(17-4)18-9-5-6-10-20-11-7-15(3)8-12-20;/h14-15H,5-13H2,1-4H3,(H2,17,18,19);1H. The molecule has 0 aliphatic carbocycles. The van der Waals surface area contributed by atoms with Gasteiger partial charge in [0.1, 0.15) is 0 Å². The van der Waals surface area contributed by atoms with Crippen molar-refractivity contribution in [2.24, 2.45) is 16.8 Å². The molecule has 1 heterocycles. The van der Waals surface area contributed by atoms with Crippen molar-refractivity contribution in [3.8, 4) is 0 Å². The number of hydrogen-bond donors (Lipinski definition) is 2. The van der Waals surface area contributed by atoms with Gasteiger partial charge in [-0.05, 0) is 57.2 Å². The summed E-state index contributed by atoms with van der Waals surface area (Å²) in [7, 11) is 1.84. The highest BCUT2D eigenvalue weighted by atomic mass is 127. The molecule has 0 bridgehead atoms. The molecule has 5 heteroatoms. The molecule has 0 spiro atoms. The van der Waals surface area contributed by atoms with Gasteiger partial charge in [0.2, 0.25) is 0 Å². The topological polar surface area (TPSA) is 39.7 Å². The maximum Gasteiger partial charge on any atom is 0.190 e. The zero-order valence-corrected chi connectivity index (χ0v) is 16.7. The second kappa shape index (κ2) is 12.5. The van der Waals surface area contributed by atoms with Gasteiger partial charge in [0, 0.05) is 20.1 Å². The van der Waals surface area contributed by atoms with Gasteiger partial charge >= 0.3 is 0 Å². The second-order valence-electron chi connectivity index (χ2n) is 6.51. The second-order valence-corrected chi connectivity index (χ2v) is 6.51. The number of hydrogen-bond acceptors (Lipinski definition) is 2. The van der Waals surface area contributed by atoms with Crippen molar-refractivity contribution in [3.05, 3.63) is 0 Å². The number of halogens is 1. The van der Waals surface area contributed by atoms with E-state index in [0.29, 0.717) is 5.92 Å². The van der Waals surface area contributed by atoms with Crippen LogP contribution in [0.25, 0.3) is 0 Å². The Balaban J connectivity index is 0.00000400. The van der Waals surface area contributed by atoms with Crippen LogP contribution >= 0.6 is 24.0 Å². The minimum Gasteiger partial charge on any atom is -0.356 e. The maximum atomic E-state index is 4.24. The fourth-order valence-corrected chi connectivity index (χ4v) is 2.47. The third-order valence-corrected chi connectivity index (χ3v) is 3.97. The first-order valence-electron chi connectivity index (χ1n) is 8.28. The lowest BCUT2D eigenvalue weighted by Gasteiger charge is -2.30. The molecule has 1 rings (SSSR count). The summed E-state index contributed by atoms with van der Waals surface area (Å²) in [5, 5.41) is 6.73. The van der Waals surface area contributed by atoms with Crippen LogP contribution in [0.2, 0.25) is 0 Å². The monoisotopic (exact) mass is 410 g/mol. The van der Waals surface area contributed by atoms with Crippen LogP contribution in [0.4, 0.5) is 0 Å². The Hall–Kier alpha value is -0.0400. The van der Waals surface area contributed by atoms with Crippen molar-refractivity contribution < 1.29 is 0 Å². The lowest BCUT2D eigenvalue weighted by atomic mass is 9.99. The number of nitrogens with one attached hydrogen (secondary N) is 2. The average Bonchev–Trinajstić information content (AvgIpc) is 2.43. The van der Waals surface area contributed by atoms with Crippen LogP contribution in [-0.4, -0.2) is 50.6 Å². The Morgan fingerprint density at radius 3 is 2.43 bits per heavy atom. The molecule has 0 saturated carbocycles. The van der Waals surface area contributed by atoms with Crippen LogP contribution in [0.1, 0.15) is 46.5 Å². The number of guanidine groups is 1. The smallest absolute Gasteiger partial charge is 0.190 e. The molecule has 2 N–H and O–H groups in total. The fraction of sp³-hybridized carbons (Fsp3) is 0.938. The Morgan fingerprint density at radius 1 is 1.19 bits per heavy atom. The van der Waals surface area contributed by atoms with Crippen molar-refractivity contribution in [1.82, 2.24) is 15.5 Å². The first kappa shape index (κ1) is 21.0. The predicted octanol–water partition coefficient (Wildman–Crippen LogP) is 2.94. The number of piperidine rings is 1. The number of nitrogens with zero attached hydrogens (tertiary/aromatic N) is 2. The highest BCUT2D eigenvalue weighted by Gasteiger charge is 2.14. The van der Waals surface area contributed by atoms with E-state index in [1.54, 1.807) is 0 Å². The fourth-order valence-electron chi connectivity index (χ4n) is 2.47. The molecule has 21 heavy (non-hydrogen) atoms. The lowest BCUT2D eigenvalue weighted by Crippen LogP contribution is -2.39. The largest absolute Gasteiger partial charge is 0.356 e. The molecule has 0 unspecified atom stereocenters. The predicted molar refractivity (Wildman–Crippen MR) is 104 cm³/mol.